The molecule has 4 aromatic heterocycles. The summed E-state index contributed by atoms with van der Waals surface area (Å²) in [4.78, 5) is 15.1. The van der Waals surface area contributed by atoms with E-state index in [1.54, 1.807) is 0 Å². The Morgan fingerprint density at radius 3 is 2.05 bits per heavy atom. The van der Waals surface area contributed by atoms with Crippen LogP contribution in [0.3, 0.4) is 0 Å². The molecule has 4 heterocycles. The van der Waals surface area contributed by atoms with Crippen molar-refractivity contribution in [3.8, 4) is 11.4 Å². The van der Waals surface area contributed by atoms with Gasteiger partial charge in [0.05, 0.1) is 27.3 Å². The van der Waals surface area contributed by atoms with E-state index in [1.165, 1.54) is 65.7 Å². The molecule has 0 radical (unpaired) electrons. The van der Waals surface area contributed by atoms with Gasteiger partial charge in [0.25, 0.3) is 0 Å². The third-order valence-electron chi connectivity index (χ3n) is 9.19. The largest absolute Gasteiger partial charge is 0.307 e. The summed E-state index contributed by atoms with van der Waals surface area (Å²) in [6.45, 7) is 22.1. The number of rotatable bonds is 2. The van der Waals surface area contributed by atoms with Crippen LogP contribution in [0.5, 0.6) is 0 Å². The highest BCUT2D eigenvalue weighted by atomic mass is 15.1. The fraction of sp³-hybridized carbons (Fsp3) is 0.368. The van der Waals surface area contributed by atoms with Crippen molar-refractivity contribution in [3.05, 3.63) is 77.0 Å². The molecule has 0 saturated heterocycles. The van der Waals surface area contributed by atoms with Crippen LogP contribution in [0, 0.1) is 13.8 Å². The Balaban J connectivity index is 1.71. The van der Waals surface area contributed by atoms with E-state index >= 15 is 0 Å². The van der Waals surface area contributed by atoms with E-state index in [1.807, 2.05) is 0 Å². The minimum absolute atomic E-state index is 0.199. The molecule has 0 fully saturated rings. The van der Waals surface area contributed by atoms with Crippen molar-refractivity contribution in [1.29, 1.82) is 0 Å². The summed E-state index contributed by atoms with van der Waals surface area (Å²) in [6.07, 6.45) is 2.20. The van der Waals surface area contributed by atoms with Crippen LogP contribution in [0.25, 0.3) is 60.4 Å². The van der Waals surface area contributed by atoms with E-state index < -0.39 is 0 Å². The molecule has 0 N–H and O–H groups in total. The summed E-state index contributed by atoms with van der Waals surface area (Å²) < 4.78 is 4.80. The Morgan fingerprint density at radius 1 is 0.744 bits per heavy atom. The Kier molecular flexibility index (Phi) is 5.76. The lowest BCUT2D eigenvalue weighted by Crippen LogP contribution is -2.29. The Labute approximate surface area is 254 Å². The van der Waals surface area contributed by atoms with E-state index in [9.17, 15) is 0 Å². The van der Waals surface area contributed by atoms with Gasteiger partial charge in [0.15, 0.2) is 12.0 Å². The van der Waals surface area contributed by atoms with Crippen LogP contribution in [-0.2, 0) is 17.9 Å². The molecule has 5 heteroatoms. The molecule has 0 atom stereocenters. The molecule has 7 aromatic rings. The molecule has 218 valence electrons. The van der Waals surface area contributed by atoms with Gasteiger partial charge < -0.3 is 4.40 Å². The normalized spacial score (nSPS) is 13.2. The summed E-state index contributed by atoms with van der Waals surface area (Å²) in [7, 11) is 2.17. The summed E-state index contributed by atoms with van der Waals surface area (Å²) in [5, 5.41) is 6.41. The van der Waals surface area contributed by atoms with Crippen LogP contribution in [0.4, 0.5) is 0 Å². The number of aryl methyl sites for hydroxylation is 3. The first kappa shape index (κ1) is 27.7. The molecule has 7 rings (SSSR count). The lowest BCUT2D eigenvalue weighted by atomic mass is 9.92. The monoisotopic (exact) mass is 568 g/mol. The third kappa shape index (κ3) is 4.04. The quantitative estimate of drug-likeness (QED) is 0.119. The maximum Gasteiger partial charge on any atom is 0.224 e. The molecule has 5 nitrogen and oxygen atoms in total. The van der Waals surface area contributed by atoms with Gasteiger partial charge in [-0.25, -0.2) is 19.5 Å². The van der Waals surface area contributed by atoms with E-state index in [0.717, 1.165) is 23.0 Å². The van der Waals surface area contributed by atoms with Crippen molar-refractivity contribution in [2.75, 3.05) is 0 Å². The van der Waals surface area contributed by atoms with Crippen molar-refractivity contribution in [2.24, 2.45) is 7.05 Å². The fourth-order valence-corrected chi connectivity index (χ4v) is 6.59. The molecule has 3 aromatic carbocycles. The van der Waals surface area contributed by atoms with Crippen LogP contribution in [0.15, 0.2) is 48.7 Å². The molecule has 0 bridgehead atoms. The number of nitrogens with zero attached hydrogens (tertiary/aromatic N) is 5. The summed E-state index contributed by atoms with van der Waals surface area (Å²) >= 11 is 0. The van der Waals surface area contributed by atoms with Crippen molar-refractivity contribution in [3.63, 3.8) is 0 Å². The highest BCUT2D eigenvalue weighted by Crippen LogP contribution is 2.43. The second-order valence-corrected chi connectivity index (χ2v) is 14.9. The van der Waals surface area contributed by atoms with Gasteiger partial charge >= 0.3 is 0 Å². The zero-order valence-electron chi connectivity index (χ0n) is 27.4. The lowest BCUT2D eigenvalue weighted by molar-refractivity contribution is -0.643. The van der Waals surface area contributed by atoms with Gasteiger partial charge in [-0.15, -0.1) is 0 Å². The standard InChI is InChI=1S/C38H42N5/c1-20(2)23-12-13-28-26(18-23)27-16-21(3)22(4)30-32(27)43(28)29-19-25(17-24-14-15-42(11)33(30)31(24)29)34-39-35(37(5,6)7)41-36(40-34)38(8,9)10/h12-20H,1-11H3/q+1. The van der Waals surface area contributed by atoms with Gasteiger partial charge in [0.1, 0.15) is 18.7 Å². The van der Waals surface area contributed by atoms with Crippen LogP contribution in [-0.4, -0.2) is 19.4 Å². The first-order chi connectivity index (χ1) is 20.1. The van der Waals surface area contributed by atoms with Gasteiger partial charge in [0, 0.05) is 33.2 Å². The minimum Gasteiger partial charge on any atom is -0.307 e. The number of fused-ring (bicyclic) bond motifs is 5. The lowest BCUT2D eigenvalue weighted by Gasteiger charge is -2.23. The number of hydrogen-bond acceptors (Lipinski definition) is 3. The van der Waals surface area contributed by atoms with Crippen molar-refractivity contribution in [1.82, 2.24) is 19.4 Å². The van der Waals surface area contributed by atoms with E-state index in [2.05, 4.69) is 134 Å². The van der Waals surface area contributed by atoms with Crippen molar-refractivity contribution in [2.45, 2.75) is 86.0 Å². The zero-order valence-corrected chi connectivity index (χ0v) is 27.4. The highest BCUT2D eigenvalue weighted by Gasteiger charge is 2.28. The van der Waals surface area contributed by atoms with E-state index in [0.29, 0.717) is 5.92 Å². The van der Waals surface area contributed by atoms with Crippen molar-refractivity contribution < 1.29 is 4.57 Å². The average Bonchev–Trinajstić information content (AvgIpc) is 3.26. The van der Waals surface area contributed by atoms with Gasteiger partial charge in [-0.3, -0.25) is 0 Å². The Hall–Kier alpha value is -4.12. The zero-order chi connectivity index (χ0) is 30.7. The number of benzene rings is 3. The first-order valence-electron chi connectivity index (χ1n) is 15.5. The molecule has 43 heavy (non-hydrogen) atoms. The number of aromatic nitrogens is 5. The Bertz CT molecular complexity index is 2220. The number of pyridine rings is 2. The molecule has 0 spiro atoms. The first-order valence-corrected chi connectivity index (χ1v) is 15.5. The highest BCUT2D eigenvalue weighted by molar-refractivity contribution is 6.26. The smallest absolute Gasteiger partial charge is 0.224 e. The second-order valence-electron chi connectivity index (χ2n) is 14.9. The van der Waals surface area contributed by atoms with Crippen LogP contribution in [0.1, 0.15) is 89.6 Å². The maximum atomic E-state index is 5.09. The molecule has 0 saturated carbocycles. The van der Waals surface area contributed by atoms with Gasteiger partial charge in [-0.1, -0.05) is 61.5 Å². The topological polar surface area (TPSA) is 47.0 Å². The predicted octanol–water partition coefficient (Wildman–Crippen LogP) is 9.00. The van der Waals surface area contributed by atoms with Crippen molar-refractivity contribution >= 4 is 49.0 Å². The molecular weight excluding hydrogens is 526 g/mol. The molecule has 0 unspecified atom stereocenters. The average molecular weight is 569 g/mol. The maximum absolute atomic E-state index is 5.09. The van der Waals surface area contributed by atoms with Gasteiger partial charge in [0.2, 0.25) is 5.52 Å². The number of hydrogen-bond donors (Lipinski definition) is 0. The van der Waals surface area contributed by atoms with E-state index in [4.69, 9.17) is 15.0 Å². The third-order valence-corrected chi connectivity index (χ3v) is 9.19. The SMILES string of the molecule is Cc1cc2c3cc(C(C)C)ccc3n3c4cc(-c5nc(C(C)(C)C)nc(C(C)(C)C)n5)cc5cc[n+](C)c(c(c1C)c23)c54. The summed E-state index contributed by atoms with van der Waals surface area (Å²) in [5.41, 5.74) is 9.61. The minimum atomic E-state index is -0.199. The van der Waals surface area contributed by atoms with E-state index in [-0.39, 0.29) is 10.8 Å². The van der Waals surface area contributed by atoms with Crippen LogP contribution >= 0.6 is 0 Å². The summed E-state index contributed by atoms with van der Waals surface area (Å²) in [6, 6.07) is 16.2. The fourth-order valence-electron chi connectivity index (χ4n) is 6.59. The van der Waals surface area contributed by atoms with Gasteiger partial charge in [-0.2, -0.15) is 0 Å². The molecule has 0 aliphatic heterocycles. The molecular formula is C38H42N5+. The van der Waals surface area contributed by atoms with Gasteiger partial charge in [-0.05, 0) is 72.2 Å². The second kappa shape index (κ2) is 8.95. The molecule has 0 aliphatic carbocycles. The Morgan fingerprint density at radius 2 is 1.42 bits per heavy atom. The summed E-state index contributed by atoms with van der Waals surface area (Å²) in [5.74, 6) is 2.84. The van der Waals surface area contributed by atoms with Crippen LogP contribution in [0.2, 0.25) is 0 Å². The molecule has 0 amide bonds. The van der Waals surface area contributed by atoms with Crippen LogP contribution < -0.4 is 4.57 Å². The predicted molar refractivity (Wildman–Crippen MR) is 180 cm³/mol. The molecule has 0 aliphatic rings.